The monoisotopic (exact) mass is 227 g/mol. The van der Waals surface area contributed by atoms with Crippen LogP contribution in [-0.4, -0.2) is 50.4 Å². The Morgan fingerprint density at radius 2 is 2.44 bits per heavy atom. The molecule has 0 aromatic carbocycles. The summed E-state index contributed by atoms with van der Waals surface area (Å²) in [7, 11) is 2.10. The van der Waals surface area contributed by atoms with Gasteiger partial charge in [0.2, 0.25) is 0 Å². The Bertz CT molecular complexity index is 258. The van der Waals surface area contributed by atoms with Gasteiger partial charge in [-0.25, -0.2) is 5.43 Å². The van der Waals surface area contributed by atoms with E-state index in [4.69, 9.17) is 15.3 Å². The van der Waals surface area contributed by atoms with E-state index in [1.807, 2.05) is 0 Å². The highest BCUT2D eigenvalue weighted by Gasteiger charge is 2.30. The predicted octanol–water partition coefficient (Wildman–Crippen LogP) is -0.157. The van der Waals surface area contributed by atoms with Crippen molar-refractivity contribution in [3.63, 3.8) is 0 Å². The number of morpholine rings is 1. The Kier molecular flexibility index (Phi) is 4.17. The van der Waals surface area contributed by atoms with E-state index < -0.39 is 0 Å². The molecule has 1 saturated heterocycles. The molecule has 0 bridgehead atoms. The average Bonchev–Trinajstić information content (AvgIpc) is 2.31. The van der Waals surface area contributed by atoms with Gasteiger partial charge in [0.1, 0.15) is 11.8 Å². The number of allylic oxidation sites excluding steroid dienone is 1. The van der Waals surface area contributed by atoms with Gasteiger partial charge in [-0.3, -0.25) is 5.84 Å². The summed E-state index contributed by atoms with van der Waals surface area (Å²) in [5.74, 6) is 6.55. The van der Waals surface area contributed by atoms with Gasteiger partial charge in [0, 0.05) is 13.1 Å². The third-order valence-electron chi connectivity index (χ3n) is 3.12. The molecule has 92 valence electrons. The van der Waals surface area contributed by atoms with E-state index in [1.165, 1.54) is 0 Å². The normalized spacial score (nSPS) is 29.4. The number of nitrogens with zero attached hydrogens (tertiary/aromatic N) is 1. The maximum Gasteiger partial charge on any atom is 0.113 e. The molecule has 0 aromatic rings. The van der Waals surface area contributed by atoms with Crippen LogP contribution in [0.2, 0.25) is 0 Å². The van der Waals surface area contributed by atoms with Crippen LogP contribution in [0.5, 0.6) is 0 Å². The van der Waals surface area contributed by atoms with Gasteiger partial charge >= 0.3 is 0 Å². The summed E-state index contributed by atoms with van der Waals surface area (Å²) in [6.07, 6.45) is 4.35. The summed E-state index contributed by atoms with van der Waals surface area (Å²) in [5.41, 5.74) is 2.82. The largest absolute Gasteiger partial charge is 0.496 e. The van der Waals surface area contributed by atoms with Crippen LogP contribution in [0.4, 0.5) is 0 Å². The highest BCUT2D eigenvalue weighted by Crippen LogP contribution is 2.19. The molecular weight excluding hydrogens is 206 g/mol. The molecule has 2 aliphatic heterocycles. The van der Waals surface area contributed by atoms with Gasteiger partial charge in [0.05, 0.1) is 19.3 Å². The fourth-order valence-corrected chi connectivity index (χ4v) is 2.18. The maximum atomic E-state index is 5.75. The number of hydrazine groups is 1. The molecule has 0 spiro atoms. The van der Waals surface area contributed by atoms with Crippen LogP contribution < -0.4 is 11.3 Å². The lowest BCUT2D eigenvalue weighted by Crippen LogP contribution is -2.54. The van der Waals surface area contributed by atoms with E-state index in [1.54, 1.807) is 0 Å². The van der Waals surface area contributed by atoms with E-state index >= 15 is 0 Å². The first kappa shape index (κ1) is 11.9. The van der Waals surface area contributed by atoms with Crippen molar-refractivity contribution >= 4 is 0 Å². The fraction of sp³-hybridized carbons (Fsp3) is 0.818. The van der Waals surface area contributed by atoms with Crippen LogP contribution >= 0.6 is 0 Å². The third kappa shape index (κ3) is 2.74. The van der Waals surface area contributed by atoms with E-state index in [0.717, 1.165) is 44.9 Å². The predicted molar refractivity (Wildman–Crippen MR) is 61.6 cm³/mol. The Morgan fingerprint density at radius 3 is 3.06 bits per heavy atom. The number of nitrogens with two attached hydrogens (primary N) is 1. The van der Waals surface area contributed by atoms with E-state index in [0.29, 0.717) is 0 Å². The number of likely N-dealkylation sites (N-methyl/N-ethyl adjacent to an activating group) is 1. The molecule has 2 heterocycles. The first-order valence-electron chi connectivity index (χ1n) is 5.90. The van der Waals surface area contributed by atoms with Gasteiger partial charge in [-0.1, -0.05) is 0 Å². The summed E-state index contributed by atoms with van der Waals surface area (Å²) in [6.45, 7) is 3.41. The fourth-order valence-electron chi connectivity index (χ4n) is 2.18. The molecule has 2 rings (SSSR count). The standard InChI is InChI=1S/C11H21N3O2/c1-14-5-7-16-10(8-14)11(13-12)9-4-2-3-6-15-9/h4,10-11,13H,2-3,5-8,12H2,1H3. The SMILES string of the molecule is CN1CCOC(C(NN)C2=CCCCO2)C1. The highest BCUT2D eigenvalue weighted by molar-refractivity contribution is 5.08. The third-order valence-corrected chi connectivity index (χ3v) is 3.12. The average molecular weight is 227 g/mol. The zero-order valence-corrected chi connectivity index (χ0v) is 9.82. The topological polar surface area (TPSA) is 59.8 Å². The van der Waals surface area contributed by atoms with Crippen molar-refractivity contribution in [2.75, 3.05) is 33.4 Å². The molecule has 0 aromatic heterocycles. The molecule has 2 atom stereocenters. The first-order valence-corrected chi connectivity index (χ1v) is 5.90. The molecule has 2 unspecified atom stereocenters. The molecule has 1 fully saturated rings. The van der Waals surface area contributed by atoms with Crippen molar-refractivity contribution in [2.45, 2.75) is 25.0 Å². The number of hydrogen-bond acceptors (Lipinski definition) is 5. The van der Waals surface area contributed by atoms with Crippen molar-refractivity contribution < 1.29 is 9.47 Å². The smallest absolute Gasteiger partial charge is 0.113 e. The van der Waals surface area contributed by atoms with Gasteiger partial charge in [-0.15, -0.1) is 0 Å². The van der Waals surface area contributed by atoms with Crippen molar-refractivity contribution in [1.29, 1.82) is 0 Å². The van der Waals surface area contributed by atoms with Crippen LogP contribution in [-0.2, 0) is 9.47 Å². The minimum atomic E-state index is -0.0250. The molecule has 5 nitrogen and oxygen atoms in total. The van der Waals surface area contributed by atoms with Crippen LogP contribution in [0.25, 0.3) is 0 Å². The summed E-state index contributed by atoms with van der Waals surface area (Å²) in [5, 5.41) is 0. The summed E-state index contributed by atoms with van der Waals surface area (Å²) >= 11 is 0. The molecular formula is C11H21N3O2. The van der Waals surface area contributed by atoms with Crippen LogP contribution in [0.1, 0.15) is 12.8 Å². The minimum absolute atomic E-state index is 0.0250. The van der Waals surface area contributed by atoms with Crippen LogP contribution in [0, 0.1) is 0 Å². The van der Waals surface area contributed by atoms with Gasteiger partial charge in [-0.2, -0.15) is 0 Å². The van der Waals surface area contributed by atoms with Crippen molar-refractivity contribution in [3.05, 3.63) is 11.8 Å². The first-order chi connectivity index (χ1) is 7.81. The summed E-state index contributed by atoms with van der Waals surface area (Å²) in [4.78, 5) is 2.25. The molecule has 16 heavy (non-hydrogen) atoms. The molecule has 0 saturated carbocycles. The Morgan fingerprint density at radius 1 is 1.56 bits per heavy atom. The molecule has 0 amide bonds. The second-order valence-corrected chi connectivity index (χ2v) is 4.41. The molecule has 3 N–H and O–H groups in total. The summed E-state index contributed by atoms with van der Waals surface area (Å²) < 4.78 is 11.4. The van der Waals surface area contributed by atoms with E-state index in [-0.39, 0.29) is 12.1 Å². The van der Waals surface area contributed by atoms with Crippen molar-refractivity contribution in [2.24, 2.45) is 5.84 Å². The number of nitrogens with one attached hydrogen (secondary N) is 1. The van der Waals surface area contributed by atoms with E-state index in [2.05, 4.69) is 23.4 Å². The minimum Gasteiger partial charge on any atom is -0.496 e. The lowest BCUT2D eigenvalue weighted by molar-refractivity contribution is -0.0424. The highest BCUT2D eigenvalue weighted by atomic mass is 16.5. The quantitative estimate of drug-likeness (QED) is 0.518. The second kappa shape index (κ2) is 5.63. The zero-order valence-electron chi connectivity index (χ0n) is 9.82. The molecule has 0 aliphatic carbocycles. The maximum absolute atomic E-state index is 5.75. The van der Waals surface area contributed by atoms with Crippen LogP contribution in [0.15, 0.2) is 11.8 Å². The van der Waals surface area contributed by atoms with Crippen LogP contribution in [0.3, 0.4) is 0 Å². The summed E-state index contributed by atoms with van der Waals surface area (Å²) in [6, 6.07) is -0.0250. The Labute approximate surface area is 96.5 Å². The van der Waals surface area contributed by atoms with Gasteiger partial charge in [0.15, 0.2) is 0 Å². The number of hydrogen-bond donors (Lipinski definition) is 2. The van der Waals surface area contributed by atoms with Crippen molar-refractivity contribution in [1.82, 2.24) is 10.3 Å². The lowest BCUT2D eigenvalue weighted by atomic mass is 10.1. The van der Waals surface area contributed by atoms with Gasteiger partial charge < -0.3 is 14.4 Å². The number of rotatable bonds is 3. The number of ether oxygens (including phenoxy) is 2. The van der Waals surface area contributed by atoms with Crippen molar-refractivity contribution in [3.8, 4) is 0 Å². The second-order valence-electron chi connectivity index (χ2n) is 4.41. The lowest BCUT2D eigenvalue weighted by Gasteiger charge is -2.36. The molecule has 0 radical (unpaired) electrons. The van der Waals surface area contributed by atoms with E-state index in [9.17, 15) is 0 Å². The van der Waals surface area contributed by atoms with Gasteiger partial charge in [0.25, 0.3) is 0 Å². The molecule has 2 aliphatic rings. The Hall–Kier alpha value is -0.620. The Balaban J connectivity index is 2.00. The zero-order chi connectivity index (χ0) is 11.4. The molecule has 5 heteroatoms. The van der Waals surface area contributed by atoms with Gasteiger partial charge in [-0.05, 0) is 26.0 Å².